The van der Waals surface area contributed by atoms with Gasteiger partial charge in [-0.15, -0.1) is 0 Å². The second kappa shape index (κ2) is 14.0. The molecule has 1 atom stereocenters. The SMILES string of the molecule is Cn1c(=O)n(C2CCC(=O)NC2=O)c2cccc(N3CCC(OC4CCC(n5cc6cc(NC(=O)c7cccc(C(F)(F)F)n7)ccc6n5)CC4)CC3)c21. The fourth-order valence-electron chi connectivity index (χ4n) is 8.08. The number of alkyl halides is 3. The number of ether oxygens (including phenoxy) is 1. The first-order valence-corrected chi connectivity index (χ1v) is 18.2. The molecule has 1 saturated carbocycles. The molecule has 0 radical (unpaired) electrons. The van der Waals surface area contributed by atoms with Crippen molar-refractivity contribution in [2.75, 3.05) is 23.3 Å². The zero-order valence-electron chi connectivity index (χ0n) is 29.5. The molecule has 3 aromatic heterocycles. The Kier molecular flexibility index (Phi) is 9.24. The number of amides is 3. The highest BCUT2D eigenvalue weighted by atomic mass is 19.4. The van der Waals surface area contributed by atoms with Gasteiger partial charge in [0.15, 0.2) is 0 Å². The van der Waals surface area contributed by atoms with Crippen molar-refractivity contribution >= 4 is 51.0 Å². The van der Waals surface area contributed by atoms with Gasteiger partial charge in [0.05, 0.1) is 40.5 Å². The van der Waals surface area contributed by atoms with Gasteiger partial charge in [0.25, 0.3) is 5.91 Å². The van der Waals surface area contributed by atoms with Crippen molar-refractivity contribution in [1.82, 2.24) is 29.2 Å². The van der Waals surface area contributed by atoms with Crippen molar-refractivity contribution in [3.8, 4) is 0 Å². The summed E-state index contributed by atoms with van der Waals surface area (Å²) in [6.07, 6.45) is 3.26. The first kappa shape index (κ1) is 35.5. The molecule has 5 aromatic rings. The summed E-state index contributed by atoms with van der Waals surface area (Å²) in [7, 11) is 1.72. The highest BCUT2D eigenvalue weighted by molar-refractivity contribution is 6.04. The third kappa shape index (κ3) is 6.85. The summed E-state index contributed by atoms with van der Waals surface area (Å²) in [6, 6.07) is 13.6. The number of carbonyl (C=O) groups excluding carboxylic acids is 3. The van der Waals surface area contributed by atoms with Crippen molar-refractivity contribution < 1.29 is 32.3 Å². The molecule has 282 valence electrons. The lowest BCUT2D eigenvalue weighted by molar-refractivity contribution is -0.141. The number of imidazole rings is 1. The number of fused-ring (bicyclic) bond motifs is 2. The van der Waals surface area contributed by atoms with Crippen LogP contribution < -0.4 is 21.2 Å². The second-order valence-corrected chi connectivity index (χ2v) is 14.3. The molecule has 3 fully saturated rings. The summed E-state index contributed by atoms with van der Waals surface area (Å²) in [4.78, 5) is 56.2. The van der Waals surface area contributed by atoms with Crippen molar-refractivity contribution in [3.63, 3.8) is 0 Å². The van der Waals surface area contributed by atoms with Gasteiger partial charge in [-0.25, -0.2) is 9.78 Å². The van der Waals surface area contributed by atoms with Crippen LogP contribution in [0.3, 0.4) is 0 Å². The molecule has 8 rings (SSSR count). The maximum atomic E-state index is 13.4. The number of hydrogen-bond acceptors (Lipinski definition) is 8. The number of piperidine rings is 2. The topological polar surface area (TPSA) is 145 Å². The van der Waals surface area contributed by atoms with Crippen molar-refractivity contribution in [2.24, 2.45) is 7.05 Å². The lowest BCUT2D eigenvalue weighted by Crippen LogP contribution is -2.44. The molecule has 2 aromatic carbocycles. The largest absolute Gasteiger partial charge is 0.433 e. The Morgan fingerprint density at radius 3 is 2.41 bits per heavy atom. The van der Waals surface area contributed by atoms with Crippen LogP contribution in [0.4, 0.5) is 24.5 Å². The Labute approximate surface area is 307 Å². The fourth-order valence-corrected chi connectivity index (χ4v) is 8.08. The van der Waals surface area contributed by atoms with Crippen LogP contribution in [-0.2, 0) is 27.5 Å². The first-order valence-electron chi connectivity index (χ1n) is 18.2. The summed E-state index contributed by atoms with van der Waals surface area (Å²) in [5.74, 6) is -1.51. The average molecular weight is 745 g/mol. The van der Waals surface area contributed by atoms with E-state index >= 15 is 0 Å². The number of rotatable bonds is 7. The van der Waals surface area contributed by atoms with E-state index in [1.165, 1.54) is 10.6 Å². The minimum atomic E-state index is -4.65. The number of para-hydroxylation sites is 1. The molecule has 16 heteroatoms. The smallest absolute Gasteiger partial charge is 0.375 e. The Balaban J connectivity index is 0.857. The summed E-state index contributed by atoms with van der Waals surface area (Å²) in [5, 5.41) is 10.6. The molecule has 5 heterocycles. The van der Waals surface area contributed by atoms with Gasteiger partial charge in [-0.2, -0.15) is 18.3 Å². The number of aromatic nitrogens is 5. The number of benzene rings is 2. The van der Waals surface area contributed by atoms with Crippen LogP contribution in [-0.4, -0.2) is 66.9 Å². The van der Waals surface area contributed by atoms with E-state index in [-0.39, 0.29) is 48.4 Å². The van der Waals surface area contributed by atoms with Crippen molar-refractivity contribution in [3.05, 3.63) is 82.7 Å². The molecule has 3 amide bonds. The molecule has 0 bridgehead atoms. The Hall–Kier alpha value is -5.51. The molecule has 2 saturated heterocycles. The number of nitrogens with one attached hydrogen (secondary N) is 2. The minimum absolute atomic E-state index is 0.117. The number of imide groups is 1. The Morgan fingerprint density at radius 2 is 1.67 bits per heavy atom. The number of halogens is 3. The Morgan fingerprint density at radius 1 is 0.926 bits per heavy atom. The van der Waals surface area contributed by atoms with Crippen LogP contribution >= 0.6 is 0 Å². The van der Waals surface area contributed by atoms with E-state index in [2.05, 4.69) is 20.5 Å². The normalized spacial score (nSPS) is 21.5. The molecule has 54 heavy (non-hydrogen) atoms. The summed E-state index contributed by atoms with van der Waals surface area (Å²) >= 11 is 0. The van der Waals surface area contributed by atoms with Crippen molar-refractivity contribution in [1.29, 1.82) is 0 Å². The highest BCUT2D eigenvalue weighted by Gasteiger charge is 2.34. The van der Waals surface area contributed by atoms with E-state index < -0.39 is 29.7 Å². The van der Waals surface area contributed by atoms with E-state index in [1.54, 1.807) is 29.8 Å². The number of anilines is 2. The van der Waals surface area contributed by atoms with E-state index in [4.69, 9.17) is 9.84 Å². The predicted octanol–water partition coefficient (Wildman–Crippen LogP) is 5.50. The number of pyridine rings is 1. The standard InChI is InChI=1S/C38H39F3N8O5/c1-46-34-29(5-3-6-30(34)49(37(46)53)31-14-15-33(50)44-36(31)52)47-18-16-26(17-19-47)54-25-11-9-24(10-12-25)48-21-22-20-23(8-13-27(22)45-48)42-35(51)28-4-2-7-32(43-28)38(39,40)41/h2-8,13,20-21,24-26,31H,9-12,14-19H2,1H3,(H,42,51)(H,44,50,52). The molecule has 13 nitrogen and oxygen atoms in total. The van der Waals surface area contributed by atoms with Crippen LogP contribution in [0.25, 0.3) is 21.9 Å². The summed E-state index contributed by atoms with van der Waals surface area (Å²) in [6.45, 7) is 1.52. The average Bonchev–Trinajstić information content (AvgIpc) is 3.70. The first-order chi connectivity index (χ1) is 25.9. The van der Waals surface area contributed by atoms with Gasteiger partial charge in [-0.05, 0) is 87.4 Å². The predicted molar refractivity (Wildman–Crippen MR) is 193 cm³/mol. The quantitative estimate of drug-likeness (QED) is 0.208. The molecular weight excluding hydrogens is 705 g/mol. The van der Waals surface area contributed by atoms with Gasteiger partial charge in [0.2, 0.25) is 11.8 Å². The summed E-state index contributed by atoms with van der Waals surface area (Å²) < 4.78 is 50.9. The molecule has 3 aliphatic rings. The minimum Gasteiger partial charge on any atom is -0.375 e. The van der Waals surface area contributed by atoms with Gasteiger partial charge >= 0.3 is 11.9 Å². The molecule has 2 N–H and O–H groups in total. The molecule has 1 aliphatic carbocycles. The van der Waals surface area contributed by atoms with E-state index in [0.29, 0.717) is 11.2 Å². The molecule has 1 unspecified atom stereocenters. The van der Waals surface area contributed by atoms with Gasteiger partial charge in [0, 0.05) is 43.8 Å². The monoisotopic (exact) mass is 744 g/mol. The van der Waals surface area contributed by atoms with Gasteiger partial charge in [-0.3, -0.25) is 33.5 Å². The maximum absolute atomic E-state index is 13.4. The van der Waals surface area contributed by atoms with Gasteiger partial charge < -0.3 is 15.0 Å². The van der Waals surface area contributed by atoms with E-state index in [1.807, 2.05) is 29.1 Å². The molecule has 0 spiro atoms. The van der Waals surface area contributed by atoms with Crippen LogP contribution in [0.5, 0.6) is 0 Å². The lowest BCUT2D eigenvalue weighted by Gasteiger charge is -2.37. The Bertz CT molecular complexity index is 2310. The fraction of sp³-hybridized carbons (Fsp3) is 0.421. The van der Waals surface area contributed by atoms with Gasteiger partial charge in [-0.1, -0.05) is 12.1 Å². The van der Waals surface area contributed by atoms with Crippen molar-refractivity contribution in [2.45, 2.75) is 81.8 Å². The molecular formula is C38H39F3N8O5. The second-order valence-electron chi connectivity index (χ2n) is 14.3. The third-order valence-electron chi connectivity index (χ3n) is 10.8. The lowest BCUT2D eigenvalue weighted by atomic mass is 9.92. The van der Waals surface area contributed by atoms with Crippen LogP contribution in [0.2, 0.25) is 0 Å². The van der Waals surface area contributed by atoms with Crippen LogP contribution in [0, 0.1) is 0 Å². The molecule has 2 aliphatic heterocycles. The van der Waals surface area contributed by atoms with E-state index in [9.17, 15) is 32.3 Å². The highest BCUT2D eigenvalue weighted by Crippen LogP contribution is 2.35. The zero-order chi connectivity index (χ0) is 37.7. The number of carbonyl (C=O) groups is 3. The maximum Gasteiger partial charge on any atom is 0.433 e. The zero-order valence-corrected chi connectivity index (χ0v) is 29.5. The van der Waals surface area contributed by atoms with Crippen LogP contribution in [0.15, 0.2) is 65.6 Å². The van der Waals surface area contributed by atoms with E-state index in [0.717, 1.165) is 85.9 Å². The number of nitrogens with zero attached hydrogens (tertiary/aromatic N) is 6. The third-order valence-corrected chi connectivity index (χ3v) is 10.8. The van der Waals surface area contributed by atoms with Gasteiger partial charge in [0.1, 0.15) is 17.4 Å². The number of aryl methyl sites for hydroxylation is 1. The van der Waals surface area contributed by atoms with Crippen LogP contribution in [0.1, 0.15) is 79.6 Å². The summed E-state index contributed by atoms with van der Waals surface area (Å²) in [5.41, 5.74) is 1.82. The number of hydrogen-bond donors (Lipinski definition) is 2.